The minimum absolute atomic E-state index is 0.254. The number of ether oxygens (including phenoxy) is 1. The molecule has 1 atom stereocenters. The summed E-state index contributed by atoms with van der Waals surface area (Å²) in [6.07, 6.45) is 0.659. The Balaban J connectivity index is 2.29. The van der Waals surface area contributed by atoms with Crippen LogP contribution in [0.3, 0.4) is 0 Å². The Labute approximate surface area is 81.6 Å². The van der Waals surface area contributed by atoms with Crippen molar-refractivity contribution in [3.05, 3.63) is 0 Å². The topological polar surface area (TPSA) is 92.9 Å². The average molecular weight is 202 g/mol. The second-order valence-electron chi connectivity index (χ2n) is 3.19. The van der Waals surface area contributed by atoms with Gasteiger partial charge in [-0.2, -0.15) is 0 Å². The number of carbonyl (C=O) groups excluding carboxylic acids is 1. The maximum atomic E-state index is 11.1. The molecular formula is C8H14N2O4. The van der Waals surface area contributed by atoms with E-state index in [0.29, 0.717) is 19.7 Å². The lowest BCUT2D eigenvalue weighted by Gasteiger charge is -2.26. The maximum Gasteiger partial charge on any atom is 0.409 e. The molecule has 80 valence electrons. The number of amides is 1. The van der Waals surface area contributed by atoms with E-state index >= 15 is 0 Å². The molecule has 1 saturated heterocycles. The van der Waals surface area contributed by atoms with Crippen LogP contribution in [0.4, 0.5) is 4.79 Å². The van der Waals surface area contributed by atoms with Gasteiger partial charge in [0.15, 0.2) is 0 Å². The zero-order chi connectivity index (χ0) is 10.6. The van der Waals surface area contributed by atoms with Crippen LogP contribution < -0.4 is 5.73 Å². The number of carbonyl (C=O) groups is 2. The third-order valence-corrected chi connectivity index (χ3v) is 2.08. The smallest absolute Gasteiger partial charge is 0.409 e. The summed E-state index contributed by atoms with van der Waals surface area (Å²) in [7, 11) is 0. The Morgan fingerprint density at radius 3 is 3.00 bits per heavy atom. The number of nitrogens with zero attached hydrogens (tertiary/aromatic N) is 1. The van der Waals surface area contributed by atoms with Crippen LogP contribution in [0, 0.1) is 0 Å². The summed E-state index contributed by atoms with van der Waals surface area (Å²) in [6.45, 7) is 1.40. The minimum Gasteiger partial charge on any atom is -0.480 e. The monoisotopic (exact) mass is 202 g/mol. The number of nitrogens with two attached hydrogens (primary N) is 1. The van der Waals surface area contributed by atoms with Crippen molar-refractivity contribution in [2.75, 3.05) is 19.7 Å². The molecule has 1 fully saturated rings. The molecule has 1 unspecified atom stereocenters. The number of aliphatic carboxylic acids is 1. The molecule has 0 aromatic carbocycles. The molecule has 6 heteroatoms. The van der Waals surface area contributed by atoms with E-state index in [1.165, 1.54) is 4.90 Å². The summed E-state index contributed by atoms with van der Waals surface area (Å²) >= 11 is 0. The Kier molecular flexibility index (Phi) is 3.70. The van der Waals surface area contributed by atoms with Crippen LogP contribution in [0.1, 0.15) is 12.8 Å². The van der Waals surface area contributed by atoms with Gasteiger partial charge in [-0.1, -0.05) is 0 Å². The summed E-state index contributed by atoms with van der Waals surface area (Å²) in [5.74, 6) is -1.05. The van der Waals surface area contributed by atoms with Gasteiger partial charge in [-0.25, -0.2) is 4.79 Å². The molecule has 6 nitrogen and oxygen atoms in total. The first-order chi connectivity index (χ1) is 6.61. The van der Waals surface area contributed by atoms with E-state index in [9.17, 15) is 9.59 Å². The van der Waals surface area contributed by atoms with E-state index in [-0.39, 0.29) is 12.5 Å². The molecule has 14 heavy (non-hydrogen) atoms. The number of hydrogen-bond donors (Lipinski definition) is 2. The first-order valence-corrected chi connectivity index (χ1v) is 4.51. The van der Waals surface area contributed by atoms with Crippen molar-refractivity contribution < 1.29 is 19.4 Å². The van der Waals surface area contributed by atoms with Gasteiger partial charge in [0.2, 0.25) is 0 Å². The standard InChI is InChI=1S/C8H14N2O4/c9-6(7(11)12)2-4-10-3-1-5-14-8(10)13/h6H,1-5,9H2,(H,11,12). The van der Waals surface area contributed by atoms with E-state index in [0.717, 1.165) is 6.42 Å². The number of rotatable bonds is 4. The van der Waals surface area contributed by atoms with Crippen LogP contribution in [0.25, 0.3) is 0 Å². The largest absolute Gasteiger partial charge is 0.480 e. The summed E-state index contributed by atoms with van der Waals surface area (Å²) in [6, 6.07) is -0.912. The fourth-order valence-electron chi connectivity index (χ4n) is 1.22. The van der Waals surface area contributed by atoms with Crippen LogP contribution in [0.2, 0.25) is 0 Å². The van der Waals surface area contributed by atoms with E-state index in [1.54, 1.807) is 0 Å². The normalized spacial score (nSPS) is 18.9. The third kappa shape index (κ3) is 2.88. The van der Waals surface area contributed by atoms with Crippen molar-refractivity contribution in [2.24, 2.45) is 5.73 Å². The maximum absolute atomic E-state index is 11.1. The second kappa shape index (κ2) is 4.80. The van der Waals surface area contributed by atoms with Crippen molar-refractivity contribution >= 4 is 12.1 Å². The van der Waals surface area contributed by atoms with E-state index < -0.39 is 12.0 Å². The van der Waals surface area contributed by atoms with Gasteiger partial charge in [0.05, 0.1) is 6.61 Å². The first-order valence-electron chi connectivity index (χ1n) is 4.51. The molecule has 0 saturated carbocycles. The predicted molar refractivity (Wildman–Crippen MR) is 47.8 cm³/mol. The van der Waals surface area contributed by atoms with Gasteiger partial charge in [-0.3, -0.25) is 4.79 Å². The van der Waals surface area contributed by atoms with Crippen LogP contribution in [-0.2, 0) is 9.53 Å². The van der Waals surface area contributed by atoms with E-state index in [4.69, 9.17) is 15.6 Å². The van der Waals surface area contributed by atoms with E-state index in [2.05, 4.69) is 0 Å². The van der Waals surface area contributed by atoms with Crippen LogP contribution in [0.5, 0.6) is 0 Å². The summed E-state index contributed by atoms with van der Waals surface area (Å²) < 4.78 is 4.78. The van der Waals surface area contributed by atoms with Gasteiger partial charge in [0.25, 0.3) is 0 Å². The zero-order valence-corrected chi connectivity index (χ0v) is 7.81. The van der Waals surface area contributed by atoms with Crippen LogP contribution in [0.15, 0.2) is 0 Å². The Morgan fingerprint density at radius 2 is 2.43 bits per heavy atom. The Bertz CT molecular complexity index is 231. The lowest BCUT2D eigenvalue weighted by molar-refractivity contribution is -0.138. The molecule has 1 aliphatic heterocycles. The minimum atomic E-state index is -1.05. The van der Waals surface area contributed by atoms with Crippen molar-refractivity contribution in [3.8, 4) is 0 Å². The summed E-state index contributed by atoms with van der Waals surface area (Å²) in [5.41, 5.74) is 5.30. The van der Waals surface area contributed by atoms with Crippen LogP contribution in [-0.4, -0.2) is 47.8 Å². The quantitative estimate of drug-likeness (QED) is 0.648. The molecule has 0 aromatic heterocycles. The Morgan fingerprint density at radius 1 is 1.71 bits per heavy atom. The van der Waals surface area contributed by atoms with Crippen molar-refractivity contribution in [1.29, 1.82) is 0 Å². The molecule has 1 aliphatic rings. The fourth-order valence-corrected chi connectivity index (χ4v) is 1.22. The fraction of sp³-hybridized carbons (Fsp3) is 0.750. The highest BCUT2D eigenvalue weighted by Gasteiger charge is 2.21. The predicted octanol–water partition coefficient (Wildman–Crippen LogP) is -0.369. The highest BCUT2D eigenvalue weighted by Crippen LogP contribution is 2.05. The molecule has 1 heterocycles. The highest BCUT2D eigenvalue weighted by molar-refractivity contribution is 5.73. The lowest BCUT2D eigenvalue weighted by atomic mass is 10.2. The summed E-state index contributed by atoms with van der Waals surface area (Å²) in [4.78, 5) is 23.0. The summed E-state index contributed by atoms with van der Waals surface area (Å²) in [5, 5.41) is 8.52. The molecule has 0 aromatic rings. The molecule has 0 radical (unpaired) electrons. The SMILES string of the molecule is NC(CCN1CCCOC1=O)C(=O)O. The number of carboxylic acid groups (broad SMARTS) is 1. The molecule has 1 amide bonds. The molecule has 1 rings (SSSR count). The average Bonchev–Trinajstić information content (AvgIpc) is 2.16. The number of cyclic esters (lactones) is 1. The van der Waals surface area contributed by atoms with Gasteiger partial charge < -0.3 is 20.5 Å². The van der Waals surface area contributed by atoms with Gasteiger partial charge in [-0.05, 0) is 12.8 Å². The van der Waals surface area contributed by atoms with Gasteiger partial charge >= 0.3 is 12.1 Å². The van der Waals surface area contributed by atoms with Crippen LogP contribution >= 0.6 is 0 Å². The van der Waals surface area contributed by atoms with Gasteiger partial charge in [-0.15, -0.1) is 0 Å². The number of carboxylic acids is 1. The first kappa shape index (κ1) is 10.8. The second-order valence-corrected chi connectivity index (χ2v) is 3.19. The molecule has 0 aliphatic carbocycles. The van der Waals surface area contributed by atoms with Crippen molar-refractivity contribution in [2.45, 2.75) is 18.9 Å². The third-order valence-electron chi connectivity index (χ3n) is 2.08. The zero-order valence-electron chi connectivity index (χ0n) is 7.81. The van der Waals surface area contributed by atoms with E-state index in [1.807, 2.05) is 0 Å². The number of hydrogen-bond acceptors (Lipinski definition) is 4. The molecule has 0 spiro atoms. The molecule has 0 bridgehead atoms. The van der Waals surface area contributed by atoms with Gasteiger partial charge in [0, 0.05) is 13.1 Å². The Hall–Kier alpha value is -1.30. The highest BCUT2D eigenvalue weighted by atomic mass is 16.6. The van der Waals surface area contributed by atoms with Crippen molar-refractivity contribution in [3.63, 3.8) is 0 Å². The molecule has 3 N–H and O–H groups in total. The van der Waals surface area contributed by atoms with Crippen molar-refractivity contribution in [1.82, 2.24) is 4.90 Å². The van der Waals surface area contributed by atoms with Gasteiger partial charge in [0.1, 0.15) is 6.04 Å². The molecular weight excluding hydrogens is 188 g/mol. The lowest BCUT2D eigenvalue weighted by Crippen LogP contribution is -2.41.